The van der Waals surface area contributed by atoms with Gasteiger partial charge < -0.3 is 10.4 Å². The highest BCUT2D eigenvalue weighted by molar-refractivity contribution is 5.83. The van der Waals surface area contributed by atoms with Crippen molar-refractivity contribution in [2.75, 3.05) is 13.2 Å². The van der Waals surface area contributed by atoms with Gasteiger partial charge in [-0.1, -0.05) is 6.92 Å². The van der Waals surface area contributed by atoms with E-state index in [0.717, 1.165) is 4.68 Å². The van der Waals surface area contributed by atoms with Gasteiger partial charge in [0.1, 0.15) is 6.54 Å². The highest BCUT2D eigenvalue weighted by Crippen LogP contribution is 2.26. The number of hydrogen-bond acceptors (Lipinski definition) is 3. The Kier molecular flexibility index (Phi) is 6.61. The standard InChI is InChI=1S/C15H24F3N3O2/c1-9(5-6-22)7-19-14(23)10(2)13-11(3)20-21(12(13)4)8-15(16,17)18/h9-10,22H,5-8H2,1-4H3,(H,19,23). The van der Waals surface area contributed by atoms with Crippen molar-refractivity contribution in [2.45, 2.75) is 52.8 Å². The molecule has 2 atom stereocenters. The van der Waals surface area contributed by atoms with E-state index in [1.165, 1.54) is 0 Å². The number of aromatic nitrogens is 2. The molecule has 1 amide bonds. The zero-order valence-electron chi connectivity index (χ0n) is 13.9. The van der Waals surface area contributed by atoms with Crippen LogP contribution in [-0.2, 0) is 11.3 Å². The van der Waals surface area contributed by atoms with E-state index in [1.807, 2.05) is 6.92 Å². The third kappa shape index (κ3) is 5.53. The van der Waals surface area contributed by atoms with E-state index in [2.05, 4.69) is 10.4 Å². The average molecular weight is 335 g/mol. The first kappa shape index (κ1) is 19.5. The van der Waals surface area contributed by atoms with Gasteiger partial charge in [0, 0.05) is 24.4 Å². The Morgan fingerprint density at radius 3 is 2.48 bits per heavy atom. The first-order valence-corrected chi connectivity index (χ1v) is 7.56. The van der Waals surface area contributed by atoms with Gasteiger partial charge >= 0.3 is 6.18 Å². The van der Waals surface area contributed by atoms with Gasteiger partial charge in [-0.2, -0.15) is 18.3 Å². The number of alkyl halides is 3. The maximum Gasteiger partial charge on any atom is 0.408 e. The van der Waals surface area contributed by atoms with Crippen LogP contribution in [0.3, 0.4) is 0 Å². The normalized spacial score (nSPS) is 14.6. The Balaban J connectivity index is 2.83. The minimum Gasteiger partial charge on any atom is -0.396 e. The molecule has 1 rings (SSSR count). The molecule has 132 valence electrons. The highest BCUT2D eigenvalue weighted by Gasteiger charge is 2.31. The molecular weight excluding hydrogens is 311 g/mol. The number of halogens is 3. The topological polar surface area (TPSA) is 67.2 Å². The average Bonchev–Trinajstić information content (AvgIpc) is 2.68. The molecule has 1 heterocycles. The van der Waals surface area contributed by atoms with Gasteiger partial charge in [0.25, 0.3) is 0 Å². The molecule has 1 aromatic rings. The van der Waals surface area contributed by atoms with Crippen molar-refractivity contribution in [1.82, 2.24) is 15.1 Å². The van der Waals surface area contributed by atoms with E-state index in [1.54, 1.807) is 20.8 Å². The molecule has 0 radical (unpaired) electrons. The number of aliphatic hydroxyl groups excluding tert-OH is 1. The van der Waals surface area contributed by atoms with Crippen molar-refractivity contribution >= 4 is 5.91 Å². The summed E-state index contributed by atoms with van der Waals surface area (Å²) < 4.78 is 38.5. The van der Waals surface area contributed by atoms with E-state index in [-0.39, 0.29) is 18.4 Å². The minimum atomic E-state index is -4.36. The summed E-state index contributed by atoms with van der Waals surface area (Å²) in [6, 6.07) is 0. The largest absolute Gasteiger partial charge is 0.408 e. The fraction of sp³-hybridized carbons (Fsp3) is 0.733. The van der Waals surface area contributed by atoms with Crippen LogP contribution in [0.2, 0.25) is 0 Å². The van der Waals surface area contributed by atoms with Gasteiger partial charge in [-0.05, 0) is 33.1 Å². The lowest BCUT2D eigenvalue weighted by Crippen LogP contribution is -2.32. The molecular formula is C15H24F3N3O2. The van der Waals surface area contributed by atoms with E-state index in [9.17, 15) is 18.0 Å². The van der Waals surface area contributed by atoms with Gasteiger partial charge in [0.15, 0.2) is 0 Å². The van der Waals surface area contributed by atoms with Crippen molar-refractivity contribution in [3.05, 3.63) is 17.0 Å². The Labute approximate surface area is 133 Å². The SMILES string of the molecule is Cc1nn(CC(F)(F)F)c(C)c1C(C)C(=O)NCC(C)CCO. The molecule has 1 aromatic heterocycles. The summed E-state index contributed by atoms with van der Waals surface area (Å²) in [5.74, 6) is -0.711. The molecule has 0 spiro atoms. The Morgan fingerprint density at radius 1 is 1.35 bits per heavy atom. The van der Waals surface area contributed by atoms with E-state index >= 15 is 0 Å². The van der Waals surface area contributed by atoms with Crippen LogP contribution in [0.1, 0.15) is 43.1 Å². The second kappa shape index (κ2) is 7.81. The van der Waals surface area contributed by atoms with Crippen LogP contribution in [0.15, 0.2) is 0 Å². The first-order valence-electron chi connectivity index (χ1n) is 7.56. The summed E-state index contributed by atoms with van der Waals surface area (Å²) in [6.07, 6.45) is -3.78. The molecule has 2 N–H and O–H groups in total. The number of aryl methyl sites for hydroxylation is 1. The van der Waals surface area contributed by atoms with Crippen molar-refractivity contribution < 1.29 is 23.1 Å². The maximum atomic E-state index is 12.5. The second-order valence-corrected chi connectivity index (χ2v) is 5.94. The number of rotatable bonds is 7. The summed E-state index contributed by atoms with van der Waals surface area (Å²) in [5.41, 5.74) is 1.31. The number of amides is 1. The lowest BCUT2D eigenvalue weighted by Gasteiger charge is -2.16. The Morgan fingerprint density at radius 2 is 1.96 bits per heavy atom. The predicted octanol–water partition coefficient (Wildman–Crippen LogP) is 2.30. The van der Waals surface area contributed by atoms with Crippen LogP contribution < -0.4 is 5.32 Å². The van der Waals surface area contributed by atoms with Crippen LogP contribution in [0, 0.1) is 19.8 Å². The van der Waals surface area contributed by atoms with Crippen molar-refractivity contribution in [2.24, 2.45) is 5.92 Å². The molecule has 23 heavy (non-hydrogen) atoms. The van der Waals surface area contributed by atoms with Gasteiger partial charge in [0.2, 0.25) is 5.91 Å². The van der Waals surface area contributed by atoms with Crippen molar-refractivity contribution in [3.8, 4) is 0 Å². The van der Waals surface area contributed by atoms with Gasteiger partial charge in [-0.15, -0.1) is 0 Å². The summed E-state index contributed by atoms with van der Waals surface area (Å²) in [4.78, 5) is 12.2. The number of hydrogen-bond donors (Lipinski definition) is 2. The van der Waals surface area contributed by atoms with Crippen LogP contribution in [0.4, 0.5) is 13.2 Å². The van der Waals surface area contributed by atoms with Crippen LogP contribution in [-0.4, -0.2) is 40.1 Å². The monoisotopic (exact) mass is 335 g/mol. The molecule has 8 heteroatoms. The lowest BCUT2D eigenvalue weighted by atomic mass is 9.98. The molecule has 0 aliphatic heterocycles. The zero-order valence-corrected chi connectivity index (χ0v) is 13.9. The van der Waals surface area contributed by atoms with Gasteiger partial charge in [-0.25, -0.2) is 0 Å². The number of carbonyl (C=O) groups excluding carboxylic acids is 1. The van der Waals surface area contributed by atoms with Crippen molar-refractivity contribution in [3.63, 3.8) is 0 Å². The van der Waals surface area contributed by atoms with Crippen molar-refractivity contribution in [1.29, 1.82) is 0 Å². The molecule has 0 saturated heterocycles. The molecule has 2 unspecified atom stereocenters. The van der Waals surface area contributed by atoms with E-state index in [0.29, 0.717) is 29.9 Å². The third-order valence-corrected chi connectivity index (χ3v) is 3.84. The second-order valence-electron chi connectivity index (χ2n) is 5.94. The Hall–Kier alpha value is -1.57. The number of nitrogens with zero attached hydrogens (tertiary/aromatic N) is 2. The van der Waals surface area contributed by atoms with Crippen LogP contribution in [0.5, 0.6) is 0 Å². The summed E-state index contributed by atoms with van der Waals surface area (Å²) >= 11 is 0. The molecule has 0 bridgehead atoms. The fourth-order valence-electron chi connectivity index (χ4n) is 2.54. The van der Waals surface area contributed by atoms with E-state index < -0.39 is 18.6 Å². The summed E-state index contributed by atoms with van der Waals surface area (Å²) in [7, 11) is 0. The number of nitrogens with one attached hydrogen (secondary N) is 1. The molecule has 0 aliphatic carbocycles. The third-order valence-electron chi connectivity index (χ3n) is 3.84. The molecule has 0 fully saturated rings. The molecule has 0 aromatic carbocycles. The lowest BCUT2D eigenvalue weighted by molar-refractivity contribution is -0.143. The Bertz CT molecular complexity index is 541. The smallest absolute Gasteiger partial charge is 0.396 e. The molecule has 0 aliphatic rings. The predicted molar refractivity (Wildman–Crippen MR) is 80.0 cm³/mol. The molecule has 5 nitrogen and oxygen atoms in total. The van der Waals surface area contributed by atoms with E-state index in [4.69, 9.17) is 5.11 Å². The highest BCUT2D eigenvalue weighted by atomic mass is 19.4. The number of aliphatic hydroxyl groups is 1. The first-order chi connectivity index (χ1) is 10.6. The summed E-state index contributed by atoms with van der Waals surface area (Å²) in [5, 5.41) is 15.5. The number of carbonyl (C=O) groups is 1. The zero-order chi connectivity index (χ0) is 17.8. The molecule has 0 saturated carbocycles. The van der Waals surface area contributed by atoms with Crippen LogP contribution in [0.25, 0.3) is 0 Å². The summed E-state index contributed by atoms with van der Waals surface area (Å²) in [6.45, 7) is 6.00. The van der Waals surface area contributed by atoms with Gasteiger partial charge in [-0.3, -0.25) is 9.48 Å². The minimum absolute atomic E-state index is 0.0506. The quantitative estimate of drug-likeness (QED) is 0.803. The van der Waals surface area contributed by atoms with Gasteiger partial charge in [0.05, 0.1) is 11.6 Å². The van der Waals surface area contributed by atoms with Crippen LogP contribution >= 0.6 is 0 Å². The fourth-order valence-corrected chi connectivity index (χ4v) is 2.54. The maximum absolute atomic E-state index is 12.5.